The molecule has 0 aliphatic heterocycles. The lowest BCUT2D eigenvalue weighted by atomic mass is 9.49. The van der Waals surface area contributed by atoms with Crippen molar-refractivity contribution in [2.45, 2.75) is 77.0 Å². The Labute approximate surface area is 189 Å². The van der Waals surface area contributed by atoms with Crippen molar-refractivity contribution in [1.29, 1.82) is 0 Å². The summed E-state index contributed by atoms with van der Waals surface area (Å²) in [5.41, 5.74) is -0.485. The third kappa shape index (κ3) is 2.97. The molecule has 0 spiro atoms. The van der Waals surface area contributed by atoms with Crippen molar-refractivity contribution in [3.8, 4) is 0 Å². The minimum absolute atomic E-state index is 0.0994. The van der Waals surface area contributed by atoms with Crippen LogP contribution in [-0.2, 0) is 9.59 Å². The van der Waals surface area contributed by atoms with Crippen molar-refractivity contribution >= 4 is 23.5 Å². The summed E-state index contributed by atoms with van der Waals surface area (Å²) in [4.78, 5) is 35.9. The Morgan fingerprint density at radius 3 is 1.16 bits per heavy atom. The second-order valence-electron chi connectivity index (χ2n) is 12.6. The van der Waals surface area contributed by atoms with Crippen LogP contribution in [0.3, 0.4) is 0 Å². The molecule has 170 valence electrons. The standard InChI is InChI=1S/C26H34N4O2/c31-23(25-9-15-3-16(10-25)5-17(4-15)11-25)29-21-22(28-2-1-27-21)30-24(32)26-12-18-6-19(13-26)8-20(7-18)14-26/h1-2,15-20H,3-14H2,(H,27,29,31)(H,28,30,32). The first-order chi connectivity index (χ1) is 15.5. The van der Waals surface area contributed by atoms with Crippen LogP contribution < -0.4 is 10.6 Å². The molecule has 0 unspecified atom stereocenters. The Morgan fingerprint density at radius 1 is 0.594 bits per heavy atom. The number of aromatic nitrogens is 2. The first-order valence-corrected chi connectivity index (χ1v) is 12.9. The molecule has 0 aromatic carbocycles. The van der Waals surface area contributed by atoms with Crippen LogP contribution in [0, 0.1) is 46.3 Å². The predicted molar refractivity (Wildman–Crippen MR) is 121 cm³/mol. The fourth-order valence-electron chi connectivity index (χ4n) is 9.78. The SMILES string of the molecule is O=C(Nc1nccnc1NC(=O)C12CC3CC(CC(C3)C1)C2)C12CC3CC(CC(C3)C1)C2. The molecule has 6 nitrogen and oxygen atoms in total. The van der Waals surface area contributed by atoms with E-state index >= 15 is 0 Å². The highest BCUT2D eigenvalue weighted by Gasteiger charge is 2.56. The summed E-state index contributed by atoms with van der Waals surface area (Å²) in [5.74, 6) is 5.32. The van der Waals surface area contributed by atoms with Gasteiger partial charge in [0.05, 0.1) is 10.8 Å². The van der Waals surface area contributed by atoms with Crippen LogP contribution in [0.1, 0.15) is 77.0 Å². The monoisotopic (exact) mass is 434 g/mol. The van der Waals surface area contributed by atoms with Crippen molar-refractivity contribution in [2.75, 3.05) is 10.6 Å². The van der Waals surface area contributed by atoms with Crippen LogP contribution >= 0.6 is 0 Å². The second-order valence-corrected chi connectivity index (χ2v) is 12.6. The molecule has 32 heavy (non-hydrogen) atoms. The van der Waals surface area contributed by atoms with E-state index in [0.717, 1.165) is 38.5 Å². The lowest BCUT2D eigenvalue weighted by molar-refractivity contribution is -0.141. The number of carbonyl (C=O) groups is 2. The molecule has 1 heterocycles. The molecular formula is C26H34N4O2. The highest BCUT2D eigenvalue weighted by Crippen LogP contribution is 2.61. The summed E-state index contributed by atoms with van der Waals surface area (Å²) in [6.45, 7) is 0. The van der Waals surface area contributed by atoms with Crippen molar-refractivity contribution in [3.05, 3.63) is 12.4 Å². The smallest absolute Gasteiger partial charge is 0.231 e. The third-order valence-electron chi connectivity index (χ3n) is 10.2. The van der Waals surface area contributed by atoms with Gasteiger partial charge < -0.3 is 10.6 Å². The van der Waals surface area contributed by atoms with Gasteiger partial charge in [-0.25, -0.2) is 9.97 Å². The number of hydrogen-bond acceptors (Lipinski definition) is 4. The molecule has 1 aromatic heterocycles. The van der Waals surface area contributed by atoms with Gasteiger partial charge in [-0.05, 0) is 113 Å². The van der Waals surface area contributed by atoms with Crippen LogP contribution in [0.5, 0.6) is 0 Å². The van der Waals surface area contributed by atoms with E-state index in [2.05, 4.69) is 20.6 Å². The van der Waals surface area contributed by atoms with Gasteiger partial charge in [0.1, 0.15) is 0 Å². The normalized spacial score (nSPS) is 45.1. The Hall–Kier alpha value is -1.98. The Morgan fingerprint density at radius 2 is 0.875 bits per heavy atom. The summed E-state index contributed by atoms with van der Waals surface area (Å²) in [7, 11) is 0. The first-order valence-electron chi connectivity index (χ1n) is 12.9. The second kappa shape index (κ2) is 6.77. The average Bonchev–Trinajstić information content (AvgIpc) is 2.73. The zero-order chi connectivity index (χ0) is 21.5. The fraction of sp³-hybridized carbons (Fsp3) is 0.769. The van der Waals surface area contributed by atoms with Gasteiger partial charge in [0.2, 0.25) is 11.8 Å². The van der Waals surface area contributed by atoms with Crippen molar-refractivity contribution < 1.29 is 9.59 Å². The van der Waals surface area contributed by atoms with Gasteiger partial charge in [-0.3, -0.25) is 9.59 Å². The van der Waals surface area contributed by atoms with E-state index in [4.69, 9.17) is 0 Å². The number of nitrogens with one attached hydrogen (secondary N) is 2. The molecule has 8 fully saturated rings. The van der Waals surface area contributed by atoms with E-state index in [0.29, 0.717) is 47.1 Å². The van der Waals surface area contributed by atoms with Gasteiger partial charge in [0, 0.05) is 12.4 Å². The molecule has 8 aliphatic carbocycles. The van der Waals surface area contributed by atoms with Crippen LogP contribution in [0.4, 0.5) is 11.6 Å². The van der Waals surface area contributed by atoms with E-state index in [1.54, 1.807) is 12.4 Å². The Kier molecular flexibility index (Phi) is 4.12. The van der Waals surface area contributed by atoms with Gasteiger partial charge in [0.15, 0.2) is 11.6 Å². The highest BCUT2D eigenvalue weighted by molar-refractivity contribution is 6.01. The van der Waals surface area contributed by atoms with Gasteiger partial charge in [-0.1, -0.05) is 0 Å². The number of nitrogens with zero attached hydrogens (tertiary/aromatic N) is 2. The molecule has 0 saturated heterocycles. The third-order valence-corrected chi connectivity index (χ3v) is 10.2. The molecule has 1 aromatic rings. The van der Waals surface area contributed by atoms with E-state index in [1.165, 1.54) is 38.5 Å². The number of anilines is 2. The van der Waals surface area contributed by atoms with Gasteiger partial charge in [-0.15, -0.1) is 0 Å². The lowest BCUT2D eigenvalue weighted by Crippen LogP contribution is -2.52. The van der Waals surface area contributed by atoms with Crippen LogP contribution in [-0.4, -0.2) is 21.8 Å². The average molecular weight is 435 g/mol. The number of carbonyl (C=O) groups excluding carboxylic acids is 2. The molecule has 2 amide bonds. The van der Waals surface area contributed by atoms with Crippen LogP contribution in [0.25, 0.3) is 0 Å². The van der Waals surface area contributed by atoms with Crippen LogP contribution in [0.15, 0.2) is 12.4 Å². The Balaban J connectivity index is 1.11. The van der Waals surface area contributed by atoms with Gasteiger partial charge >= 0.3 is 0 Å². The molecule has 0 radical (unpaired) electrons. The van der Waals surface area contributed by atoms with Crippen LogP contribution in [0.2, 0.25) is 0 Å². The lowest BCUT2D eigenvalue weighted by Gasteiger charge is -2.55. The molecule has 6 heteroatoms. The van der Waals surface area contributed by atoms with E-state index in [9.17, 15) is 9.59 Å². The van der Waals surface area contributed by atoms with Crippen molar-refractivity contribution in [2.24, 2.45) is 46.3 Å². The van der Waals surface area contributed by atoms with Gasteiger partial charge in [-0.2, -0.15) is 0 Å². The molecule has 8 aliphatic rings. The summed E-state index contributed by atoms with van der Waals surface area (Å²) in [5, 5.41) is 6.24. The summed E-state index contributed by atoms with van der Waals surface area (Å²) in [6.07, 6.45) is 17.2. The summed E-state index contributed by atoms with van der Waals surface area (Å²) >= 11 is 0. The van der Waals surface area contributed by atoms with E-state index in [-0.39, 0.29) is 22.6 Å². The minimum atomic E-state index is -0.243. The molecule has 8 saturated carbocycles. The maximum absolute atomic E-state index is 13.5. The predicted octanol–water partition coefficient (Wildman–Crippen LogP) is 4.79. The number of hydrogen-bond donors (Lipinski definition) is 2. The first kappa shape index (κ1) is 19.5. The fourth-order valence-corrected chi connectivity index (χ4v) is 9.78. The molecule has 8 bridgehead atoms. The van der Waals surface area contributed by atoms with E-state index in [1.807, 2.05) is 0 Å². The van der Waals surface area contributed by atoms with E-state index < -0.39 is 0 Å². The van der Waals surface area contributed by atoms with Gasteiger partial charge in [0.25, 0.3) is 0 Å². The quantitative estimate of drug-likeness (QED) is 0.714. The summed E-state index contributed by atoms with van der Waals surface area (Å²) < 4.78 is 0. The zero-order valence-electron chi connectivity index (χ0n) is 18.8. The molecule has 0 atom stereocenters. The van der Waals surface area contributed by atoms with Crippen molar-refractivity contribution in [3.63, 3.8) is 0 Å². The summed E-state index contributed by atoms with van der Waals surface area (Å²) in [6, 6.07) is 0. The van der Waals surface area contributed by atoms with Crippen molar-refractivity contribution in [1.82, 2.24) is 9.97 Å². The largest absolute Gasteiger partial charge is 0.307 e. The maximum Gasteiger partial charge on any atom is 0.231 e. The molecule has 2 N–H and O–H groups in total. The Bertz CT molecular complexity index is 825. The number of rotatable bonds is 4. The number of amides is 2. The zero-order valence-corrected chi connectivity index (χ0v) is 18.8. The maximum atomic E-state index is 13.5. The topological polar surface area (TPSA) is 84.0 Å². The molecular weight excluding hydrogens is 400 g/mol. The highest BCUT2D eigenvalue weighted by atomic mass is 16.2. The minimum Gasteiger partial charge on any atom is -0.307 e. The molecule has 9 rings (SSSR count).